The average Bonchev–Trinajstić information content (AvgIpc) is 3.42. The number of hydrogen-bond acceptors (Lipinski definition) is 3. The van der Waals surface area contributed by atoms with Crippen LogP contribution in [0.2, 0.25) is 10.0 Å². The van der Waals surface area contributed by atoms with Gasteiger partial charge >= 0.3 is 0 Å². The molecule has 1 saturated carbocycles. The summed E-state index contributed by atoms with van der Waals surface area (Å²) in [6, 6.07) is 22.7. The molecule has 4 nitrogen and oxygen atoms in total. The first kappa shape index (κ1) is 29.0. The largest absolute Gasteiger partial charge is 0.352 e. The summed E-state index contributed by atoms with van der Waals surface area (Å²) in [4.78, 5) is 29.2. The van der Waals surface area contributed by atoms with E-state index in [9.17, 15) is 9.59 Å². The maximum atomic E-state index is 13.8. The quantitative estimate of drug-likeness (QED) is 0.236. The Morgan fingerprint density at radius 2 is 1.58 bits per heavy atom. The van der Waals surface area contributed by atoms with Crippen LogP contribution in [-0.2, 0) is 28.3 Å². The minimum Gasteiger partial charge on any atom is -0.352 e. The number of nitrogens with zero attached hydrogens (tertiary/aromatic N) is 1. The summed E-state index contributed by atoms with van der Waals surface area (Å²) in [5, 5.41) is 4.19. The molecule has 0 saturated heterocycles. The number of rotatable bonds is 11. The van der Waals surface area contributed by atoms with E-state index in [4.69, 9.17) is 23.2 Å². The monoisotopic (exact) mass is 632 g/mol. The molecule has 38 heavy (non-hydrogen) atoms. The van der Waals surface area contributed by atoms with Crippen molar-refractivity contribution in [2.75, 3.05) is 5.75 Å². The lowest BCUT2D eigenvalue weighted by molar-refractivity contribution is -0.139. The van der Waals surface area contributed by atoms with Gasteiger partial charge in [0.1, 0.15) is 6.04 Å². The van der Waals surface area contributed by atoms with Gasteiger partial charge in [-0.1, -0.05) is 101 Å². The number of halogens is 3. The SMILES string of the molecule is O=C(NC1CCCC1)[C@H](Cc1ccccc1)N(Cc1c(Cl)cccc1Cl)C(=O)CSCc1ccc(Br)cc1. The predicted octanol–water partition coefficient (Wildman–Crippen LogP) is 7.69. The van der Waals surface area contributed by atoms with Crippen molar-refractivity contribution < 1.29 is 9.59 Å². The topological polar surface area (TPSA) is 49.4 Å². The predicted molar refractivity (Wildman–Crippen MR) is 162 cm³/mol. The molecule has 0 aromatic heterocycles. The molecule has 1 N–H and O–H groups in total. The molecule has 1 atom stereocenters. The lowest BCUT2D eigenvalue weighted by Gasteiger charge is -2.33. The van der Waals surface area contributed by atoms with Crippen LogP contribution in [0.1, 0.15) is 42.4 Å². The Bertz CT molecular complexity index is 1200. The van der Waals surface area contributed by atoms with Crippen LogP contribution in [0, 0.1) is 0 Å². The molecule has 1 aliphatic rings. The summed E-state index contributed by atoms with van der Waals surface area (Å²) in [5.74, 6) is 0.679. The van der Waals surface area contributed by atoms with Crippen LogP contribution in [-0.4, -0.2) is 34.6 Å². The first-order chi connectivity index (χ1) is 18.4. The number of hydrogen-bond donors (Lipinski definition) is 1. The number of thioether (sulfide) groups is 1. The number of carbonyl (C=O) groups excluding carboxylic acids is 2. The van der Waals surface area contributed by atoms with E-state index < -0.39 is 6.04 Å². The summed E-state index contributed by atoms with van der Waals surface area (Å²) >= 11 is 18.0. The van der Waals surface area contributed by atoms with E-state index in [2.05, 4.69) is 21.2 Å². The van der Waals surface area contributed by atoms with Crippen molar-refractivity contribution in [1.82, 2.24) is 10.2 Å². The highest BCUT2D eigenvalue weighted by Crippen LogP contribution is 2.28. The van der Waals surface area contributed by atoms with Crippen LogP contribution in [0.25, 0.3) is 0 Å². The van der Waals surface area contributed by atoms with Crippen molar-refractivity contribution in [3.63, 3.8) is 0 Å². The van der Waals surface area contributed by atoms with Crippen LogP contribution in [0.15, 0.2) is 77.3 Å². The fourth-order valence-electron chi connectivity index (χ4n) is 4.69. The second-order valence-electron chi connectivity index (χ2n) is 9.54. The highest BCUT2D eigenvalue weighted by Gasteiger charge is 2.32. The summed E-state index contributed by atoms with van der Waals surface area (Å²) < 4.78 is 1.02. The Labute approximate surface area is 247 Å². The van der Waals surface area contributed by atoms with Crippen LogP contribution < -0.4 is 5.32 Å². The molecule has 8 heteroatoms. The second kappa shape index (κ2) is 14.4. The molecule has 1 fully saturated rings. The third kappa shape index (κ3) is 8.25. The van der Waals surface area contributed by atoms with E-state index in [1.54, 1.807) is 23.1 Å². The minimum absolute atomic E-state index is 0.120. The normalized spacial score (nSPS) is 14.3. The summed E-state index contributed by atoms with van der Waals surface area (Å²) in [6.45, 7) is 0.159. The van der Waals surface area contributed by atoms with Gasteiger partial charge in [-0.3, -0.25) is 9.59 Å². The zero-order valence-electron chi connectivity index (χ0n) is 21.0. The zero-order valence-corrected chi connectivity index (χ0v) is 25.0. The van der Waals surface area contributed by atoms with Crippen LogP contribution in [0.4, 0.5) is 0 Å². The summed E-state index contributed by atoms with van der Waals surface area (Å²) in [7, 11) is 0. The first-order valence-corrected chi connectivity index (χ1v) is 15.5. The third-order valence-corrected chi connectivity index (χ3v) is 9.00. The average molecular weight is 634 g/mol. The molecule has 0 aliphatic heterocycles. The molecule has 2 amide bonds. The summed E-state index contributed by atoms with van der Waals surface area (Å²) in [5.41, 5.74) is 2.77. The molecule has 4 rings (SSSR count). The molecule has 0 unspecified atom stereocenters. The lowest BCUT2D eigenvalue weighted by atomic mass is 10.0. The van der Waals surface area contributed by atoms with Crippen molar-refractivity contribution >= 4 is 62.7 Å². The van der Waals surface area contributed by atoms with Gasteiger partial charge in [-0.15, -0.1) is 11.8 Å². The Morgan fingerprint density at radius 3 is 2.24 bits per heavy atom. The molecule has 0 bridgehead atoms. The Balaban J connectivity index is 1.59. The smallest absolute Gasteiger partial charge is 0.243 e. The molecule has 0 spiro atoms. The zero-order chi connectivity index (χ0) is 26.9. The highest BCUT2D eigenvalue weighted by atomic mass is 79.9. The van der Waals surface area contributed by atoms with Gasteiger partial charge in [-0.2, -0.15) is 0 Å². The molecule has 3 aromatic rings. The Kier molecular flexibility index (Phi) is 11.0. The maximum absolute atomic E-state index is 13.8. The minimum atomic E-state index is -0.689. The van der Waals surface area contributed by atoms with Crippen LogP contribution >= 0.6 is 50.9 Å². The van der Waals surface area contributed by atoms with Crippen molar-refractivity contribution in [3.8, 4) is 0 Å². The van der Waals surface area contributed by atoms with Gasteiger partial charge in [0.2, 0.25) is 11.8 Å². The van der Waals surface area contributed by atoms with Gasteiger partial charge in [0.15, 0.2) is 0 Å². The van der Waals surface area contributed by atoms with Crippen LogP contribution in [0.5, 0.6) is 0 Å². The number of nitrogens with one attached hydrogen (secondary N) is 1. The van der Waals surface area contributed by atoms with Crippen molar-refractivity contribution in [2.45, 2.75) is 56.5 Å². The molecule has 200 valence electrons. The molecular weight excluding hydrogens is 603 g/mol. The van der Waals surface area contributed by atoms with E-state index in [0.717, 1.165) is 41.3 Å². The Morgan fingerprint density at radius 1 is 0.921 bits per heavy atom. The molecule has 1 aliphatic carbocycles. The number of benzene rings is 3. The van der Waals surface area contributed by atoms with Gasteiger partial charge < -0.3 is 10.2 Å². The van der Waals surface area contributed by atoms with E-state index in [0.29, 0.717) is 27.8 Å². The van der Waals surface area contributed by atoms with Gasteiger partial charge in [0.05, 0.1) is 5.75 Å². The van der Waals surface area contributed by atoms with Crippen molar-refractivity contribution in [1.29, 1.82) is 0 Å². The fourth-order valence-corrected chi connectivity index (χ4v) is 6.35. The maximum Gasteiger partial charge on any atom is 0.243 e. The molecular formula is C30H31BrCl2N2O2S. The molecule has 0 heterocycles. The van der Waals surface area contributed by atoms with Gasteiger partial charge in [-0.25, -0.2) is 0 Å². The van der Waals surface area contributed by atoms with Crippen LogP contribution in [0.3, 0.4) is 0 Å². The second-order valence-corrected chi connectivity index (χ2v) is 12.3. The Hall–Kier alpha value is -1.99. The van der Waals surface area contributed by atoms with Crippen molar-refractivity contribution in [3.05, 3.63) is 104 Å². The van der Waals surface area contributed by atoms with Gasteiger partial charge in [0, 0.05) is 44.8 Å². The fraction of sp³-hybridized carbons (Fsp3) is 0.333. The third-order valence-electron chi connectivity index (χ3n) is 6.77. The highest BCUT2D eigenvalue weighted by molar-refractivity contribution is 9.10. The number of amides is 2. The van der Waals surface area contributed by atoms with Gasteiger partial charge in [0.25, 0.3) is 0 Å². The van der Waals surface area contributed by atoms with Gasteiger partial charge in [-0.05, 0) is 48.2 Å². The molecule has 0 radical (unpaired) electrons. The van der Waals surface area contributed by atoms with E-state index in [-0.39, 0.29) is 30.2 Å². The van der Waals surface area contributed by atoms with E-state index in [1.165, 1.54) is 11.8 Å². The van der Waals surface area contributed by atoms with E-state index >= 15 is 0 Å². The number of carbonyl (C=O) groups is 2. The summed E-state index contributed by atoms with van der Waals surface area (Å²) in [6.07, 6.45) is 4.57. The standard InChI is InChI=1S/C30H31BrCl2N2O2S/c31-23-15-13-22(14-16-23)19-38-20-29(36)35(18-25-26(32)11-6-12-27(25)33)28(17-21-7-2-1-3-8-21)30(37)34-24-9-4-5-10-24/h1-3,6-8,11-16,24,28H,4-5,9-10,17-20H2,(H,34,37)/t28-/m0/s1. The van der Waals surface area contributed by atoms with E-state index in [1.807, 2.05) is 54.6 Å². The lowest BCUT2D eigenvalue weighted by Crippen LogP contribution is -2.52. The molecule has 3 aromatic carbocycles. The van der Waals surface area contributed by atoms with Crippen molar-refractivity contribution in [2.24, 2.45) is 0 Å². The first-order valence-electron chi connectivity index (χ1n) is 12.8.